The van der Waals surface area contributed by atoms with Gasteiger partial charge in [0, 0.05) is 30.1 Å². The van der Waals surface area contributed by atoms with Crippen LogP contribution in [0, 0.1) is 11.8 Å². The number of para-hydroxylation sites is 1. The summed E-state index contributed by atoms with van der Waals surface area (Å²) in [6.07, 6.45) is 3.55. The standard InChI is InChI=1S/C29H46N8O5/c1-5-16(3)23(30)27(40)36-22(14-18-15-34-20-11-8-7-10-19(18)20)26(39)35-21(12-9-13-33-29(31)32)25(38)37-24(28(41)42)17(4)6-2/h7-8,10-11,15-17,21-24,34H,5-6,9,12-14,30H2,1-4H3,(H,35,39)(H,36,40)(H,37,38)(H,41,42)(H4,31,32,33). The van der Waals surface area contributed by atoms with Crippen molar-refractivity contribution in [2.24, 2.45) is 34.0 Å². The van der Waals surface area contributed by atoms with Crippen molar-refractivity contribution in [3.05, 3.63) is 36.0 Å². The molecule has 13 heteroatoms. The summed E-state index contributed by atoms with van der Waals surface area (Å²) in [7, 11) is 0. The highest BCUT2D eigenvalue weighted by molar-refractivity contribution is 5.95. The van der Waals surface area contributed by atoms with E-state index in [4.69, 9.17) is 17.2 Å². The second-order valence-corrected chi connectivity index (χ2v) is 10.8. The number of nitrogens with zero attached hydrogens (tertiary/aromatic N) is 1. The van der Waals surface area contributed by atoms with Gasteiger partial charge in [0.25, 0.3) is 0 Å². The molecule has 232 valence electrons. The monoisotopic (exact) mass is 586 g/mol. The molecule has 1 heterocycles. The number of aliphatic imine (C=N–C) groups is 1. The smallest absolute Gasteiger partial charge is 0.326 e. The molecule has 0 aliphatic carbocycles. The maximum atomic E-state index is 13.7. The molecule has 13 nitrogen and oxygen atoms in total. The Morgan fingerprint density at radius 3 is 2.17 bits per heavy atom. The fraction of sp³-hybridized carbons (Fsp3) is 0.552. The fourth-order valence-corrected chi connectivity index (χ4v) is 4.49. The highest BCUT2D eigenvalue weighted by Crippen LogP contribution is 2.20. The largest absolute Gasteiger partial charge is 0.480 e. The molecule has 6 unspecified atom stereocenters. The topological polar surface area (TPSA) is 231 Å². The van der Waals surface area contributed by atoms with Crippen molar-refractivity contribution in [1.82, 2.24) is 20.9 Å². The summed E-state index contributed by atoms with van der Waals surface area (Å²) >= 11 is 0. The molecule has 0 saturated carbocycles. The third-order valence-corrected chi connectivity index (χ3v) is 7.65. The molecule has 0 fully saturated rings. The van der Waals surface area contributed by atoms with Gasteiger partial charge in [-0.3, -0.25) is 19.4 Å². The number of aromatic amines is 1. The first kappa shape index (κ1) is 34.1. The molecule has 1 aromatic carbocycles. The van der Waals surface area contributed by atoms with Crippen molar-refractivity contribution in [2.45, 2.75) is 84.0 Å². The number of aromatic nitrogens is 1. The molecule has 42 heavy (non-hydrogen) atoms. The number of aliphatic carboxylic acids is 1. The van der Waals surface area contributed by atoms with E-state index in [9.17, 15) is 24.3 Å². The van der Waals surface area contributed by atoms with Crippen LogP contribution in [-0.2, 0) is 25.6 Å². The first-order valence-electron chi connectivity index (χ1n) is 14.4. The fourth-order valence-electron chi connectivity index (χ4n) is 4.49. The van der Waals surface area contributed by atoms with E-state index in [0.29, 0.717) is 19.3 Å². The van der Waals surface area contributed by atoms with Crippen LogP contribution in [0.5, 0.6) is 0 Å². The number of guanidine groups is 1. The molecule has 2 rings (SSSR count). The van der Waals surface area contributed by atoms with Crippen molar-refractivity contribution >= 4 is 40.6 Å². The Hall–Kier alpha value is -4.13. The number of carbonyl (C=O) groups is 4. The van der Waals surface area contributed by atoms with Gasteiger partial charge in [-0.2, -0.15) is 0 Å². The van der Waals surface area contributed by atoms with Gasteiger partial charge in [-0.25, -0.2) is 4.79 Å². The number of carboxylic acids is 1. The zero-order chi connectivity index (χ0) is 31.4. The van der Waals surface area contributed by atoms with Gasteiger partial charge in [0.05, 0.1) is 6.04 Å². The minimum absolute atomic E-state index is 0.109. The molecule has 2 aromatic rings. The number of fused-ring (bicyclic) bond motifs is 1. The number of hydrogen-bond acceptors (Lipinski definition) is 6. The minimum atomic E-state index is -1.17. The molecular weight excluding hydrogens is 540 g/mol. The van der Waals surface area contributed by atoms with Crippen LogP contribution in [0.3, 0.4) is 0 Å². The molecule has 11 N–H and O–H groups in total. The van der Waals surface area contributed by atoms with Gasteiger partial charge in [-0.05, 0) is 36.3 Å². The maximum absolute atomic E-state index is 13.7. The zero-order valence-electron chi connectivity index (χ0n) is 24.9. The lowest BCUT2D eigenvalue weighted by Crippen LogP contribution is -2.58. The van der Waals surface area contributed by atoms with Gasteiger partial charge in [-0.1, -0.05) is 58.7 Å². The van der Waals surface area contributed by atoms with Gasteiger partial charge in [-0.15, -0.1) is 0 Å². The van der Waals surface area contributed by atoms with Gasteiger partial charge >= 0.3 is 5.97 Å². The normalized spacial score (nSPS) is 15.5. The van der Waals surface area contributed by atoms with Gasteiger partial charge in [0.2, 0.25) is 17.7 Å². The quantitative estimate of drug-likeness (QED) is 0.0746. The molecule has 0 spiro atoms. The van der Waals surface area contributed by atoms with Crippen molar-refractivity contribution in [3.63, 3.8) is 0 Å². The van der Waals surface area contributed by atoms with E-state index in [1.165, 1.54) is 0 Å². The summed E-state index contributed by atoms with van der Waals surface area (Å²) in [6, 6.07) is 3.41. The van der Waals surface area contributed by atoms with E-state index in [2.05, 4.69) is 25.9 Å². The lowest BCUT2D eigenvalue weighted by Gasteiger charge is -2.27. The molecule has 0 bridgehead atoms. The number of amides is 3. The third-order valence-electron chi connectivity index (χ3n) is 7.65. The highest BCUT2D eigenvalue weighted by atomic mass is 16.4. The zero-order valence-corrected chi connectivity index (χ0v) is 24.9. The lowest BCUT2D eigenvalue weighted by atomic mass is 9.97. The molecule has 0 saturated heterocycles. The van der Waals surface area contributed by atoms with E-state index in [-0.39, 0.29) is 37.2 Å². The first-order chi connectivity index (χ1) is 19.9. The van der Waals surface area contributed by atoms with Gasteiger partial charge in [0.15, 0.2) is 5.96 Å². The first-order valence-corrected chi connectivity index (χ1v) is 14.4. The Morgan fingerprint density at radius 1 is 0.929 bits per heavy atom. The average molecular weight is 587 g/mol. The van der Waals surface area contributed by atoms with Crippen LogP contribution in [0.2, 0.25) is 0 Å². The Bertz CT molecular complexity index is 1240. The number of nitrogens with two attached hydrogens (primary N) is 3. The lowest BCUT2D eigenvalue weighted by molar-refractivity contribution is -0.144. The van der Waals surface area contributed by atoms with Crippen LogP contribution in [0.25, 0.3) is 10.9 Å². The predicted octanol–water partition coefficient (Wildman–Crippen LogP) is 0.723. The second kappa shape index (κ2) is 16.3. The van der Waals surface area contributed by atoms with Gasteiger partial charge in [0.1, 0.15) is 18.1 Å². The van der Waals surface area contributed by atoms with Crippen molar-refractivity contribution in [3.8, 4) is 0 Å². The Morgan fingerprint density at radius 2 is 1.55 bits per heavy atom. The highest BCUT2D eigenvalue weighted by Gasteiger charge is 2.32. The average Bonchev–Trinajstić information content (AvgIpc) is 3.37. The molecular formula is C29H46N8O5. The van der Waals surface area contributed by atoms with Crippen molar-refractivity contribution in [1.29, 1.82) is 0 Å². The van der Waals surface area contributed by atoms with E-state index < -0.39 is 47.9 Å². The minimum Gasteiger partial charge on any atom is -0.480 e. The van der Waals surface area contributed by atoms with E-state index in [0.717, 1.165) is 16.5 Å². The second-order valence-electron chi connectivity index (χ2n) is 10.8. The number of hydrogen-bond donors (Lipinski definition) is 8. The van der Waals surface area contributed by atoms with Crippen LogP contribution in [0.1, 0.15) is 58.9 Å². The van der Waals surface area contributed by atoms with E-state index in [1.807, 2.05) is 45.0 Å². The number of carboxylic acid groups (broad SMARTS) is 1. The number of nitrogens with one attached hydrogen (secondary N) is 4. The van der Waals surface area contributed by atoms with Crippen LogP contribution in [0.4, 0.5) is 0 Å². The number of benzene rings is 1. The number of H-pyrrole nitrogens is 1. The Labute approximate surface area is 246 Å². The summed E-state index contributed by atoms with van der Waals surface area (Å²) in [5.74, 6) is -3.50. The van der Waals surface area contributed by atoms with E-state index in [1.54, 1.807) is 13.1 Å². The summed E-state index contributed by atoms with van der Waals surface area (Å²) in [4.78, 5) is 59.1. The molecule has 1 aromatic heterocycles. The molecule has 0 aliphatic rings. The third kappa shape index (κ3) is 9.75. The summed E-state index contributed by atoms with van der Waals surface area (Å²) in [5, 5.41) is 18.6. The Kier molecular flexibility index (Phi) is 13.3. The summed E-state index contributed by atoms with van der Waals surface area (Å²) in [5.41, 5.74) is 18.6. The molecule has 0 radical (unpaired) electrons. The van der Waals surface area contributed by atoms with Crippen LogP contribution in [-0.4, -0.2) is 70.5 Å². The maximum Gasteiger partial charge on any atom is 0.326 e. The SMILES string of the molecule is CCC(C)C(N)C(=O)NC(Cc1c[nH]c2ccccc12)C(=O)NC(CCCN=C(N)N)C(=O)NC(C(=O)O)C(C)CC. The van der Waals surface area contributed by atoms with Crippen LogP contribution in [0.15, 0.2) is 35.5 Å². The number of carbonyl (C=O) groups excluding carboxylic acids is 3. The van der Waals surface area contributed by atoms with Crippen LogP contribution >= 0.6 is 0 Å². The summed E-state index contributed by atoms with van der Waals surface area (Å²) in [6.45, 7) is 7.52. The van der Waals surface area contributed by atoms with Crippen molar-refractivity contribution in [2.75, 3.05) is 6.54 Å². The summed E-state index contributed by atoms with van der Waals surface area (Å²) < 4.78 is 0. The Balaban J connectivity index is 2.35. The molecule has 6 atom stereocenters. The predicted molar refractivity (Wildman–Crippen MR) is 162 cm³/mol. The van der Waals surface area contributed by atoms with E-state index >= 15 is 0 Å². The van der Waals surface area contributed by atoms with Crippen LogP contribution < -0.4 is 33.2 Å². The van der Waals surface area contributed by atoms with Gasteiger partial charge < -0.3 is 43.2 Å². The number of rotatable bonds is 17. The molecule has 3 amide bonds. The van der Waals surface area contributed by atoms with Crippen molar-refractivity contribution < 1.29 is 24.3 Å². The molecule has 0 aliphatic heterocycles.